The second kappa shape index (κ2) is 7.73. The van der Waals surface area contributed by atoms with E-state index in [2.05, 4.69) is 36.1 Å². The number of methoxy groups -OCH3 is 1. The topological polar surface area (TPSA) is 38.8 Å². The molecule has 3 aliphatic heterocycles. The summed E-state index contributed by atoms with van der Waals surface area (Å²) in [7, 11) is 1.69. The van der Waals surface area contributed by atoms with E-state index < -0.39 is 5.60 Å². The molecule has 2 bridgehead atoms. The van der Waals surface area contributed by atoms with E-state index >= 15 is 0 Å². The summed E-state index contributed by atoms with van der Waals surface area (Å²) in [6.07, 6.45) is 14.2. The first-order valence-electron chi connectivity index (χ1n) is 11.4. The first kappa shape index (κ1) is 19.6. The number of hydrogen-bond donors (Lipinski definition) is 0. The summed E-state index contributed by atoms with van der Waals surface area (Å²) in [5.41, 5.74) is 4.59. The van der Waals surface area contributed by atoms with Crippen LogP contribution in [0.5, 0.6) is 5.75 Å². The van der Waals surface area contributed by atoms with Crippen LogP contribution >= 0.6 is 0 Å². The van der Waals surface area contributed by atoms with Crippen LogP contribution in [-0.2, 0) is 9.53 Å². The van der Waals surface area contributed by atoms with Gasteiger partial charge in [-0.3, -0.25) is 4.90 Å². The van der Waals surface area contributed by atoms with Gasteiger partial charge < -0.3 is 9.47 Å². The average Bonchev–Trinajstić information content (AvgIpc) is 3.27. The maximum Gasteiger partial charge on any atom is 0.332 e. The van der Waals surface area contributed by atoms with E-state index in [0.29, 0.717) is 12.1 Å². The molecule has 0 amide bonds. The lowest BCUT2D eigenvalue weighted by atomic mass is 9.73. The van der Waals surface area contributed by atoms with Gasteiger partial charge in [0.05, 0.1) is 13.2 Å². The van der Waals surface area contributed by atoms with Crippen molar-refractivity contribution in [3.8, 4) is 5.75 Å². The van der Waals surface area contributed by atoms with Crippen molar-refractivity contribution >= 4 is 12.0 Å². The van der Waals surface area contributed by atoms with Crippen LogP contribution in [0.2, 0.25) is 0 Å². The van der Waals surface area contributed by atoms with Crippen molar-refractivity contribution in [3.63, 3.8) is 0 Å². The van der Waals surface area contributed by atoms with Crippen LogP contribution in [-0.4, -0.2) is 42.2 Å². The highest BCUT2D eigenvalue weighted by Crippen LogP contribution is 2.56. The summed E-state index contributed by atoms with van der Waals surface area (Å²) in [6, 6.07) is 8.85. The number of piperidine rings is 1. The summed E-state index contributed by atoms with van der Waals surface area (Å²) in [4.78, 5) is 15.2. The van der Waals surface area contributed by atoms with Gasteiger partial charge in [0.1, 0.15) is 5.75 Å². The van der Waals surface area contributed by atoms with Gasteiger partial charge in [-0.1, -0.05) is 44.1 Å². The van der Waals surface area contributed by atoms with Gasteiger partial charge in [0.25, 0.3) is 0 Å². The Morgan fingerprint density at radius 2 is 2.07 bits per heavy atom. The Labute approximate surface area is 179 Å². The molecule has 2 fully saturated rings. The maximum atomic E-state index is 12.5. The SMILES string of the molecule is CCCCC1=C(/C=C/c2ccc(OC)cc2)C2=CC(=O)O[C@@]23C[C@@H]1N1CCCC[C@@H]13. The zero-order valence-electron chi connectivity index (χ0n) is 18.0. The average molecular weight is 406 g/mol. The van der Waals surface area contributed by atoms with Crippen LogP contribution < -0.4 is 4.74 Å². The molecule has 2 saturated heterocycles. The van der Waals surface area contributed by atoms with E-state index in [0.717, 1.165) is 42.7 Å². The smallest absolute Gasteiger partial charge is 0.332 e. The molecule has 4 heteroatoms. The van der Waals surface area contributed by atoms with Gasteiger partial charge in [-0.2, -0.15) is 0 Å². The van der Waals surface area contributed by atoms with Crippen molar-refractivity contribution in [3.05, 3.63) is 58.7 Å². The molecule has 5 rings (SSSR count). The van der Waals surface area contributed by atoms with Gasteiger partial charge >= 0.3 is 5.97 Å². The molecule has 0 N–H and O–H groups in total. The number of nitrogens with zero attached hydrogens (tertiary/aromatic N) is 1. The van der Waals surface area contributed by atoms with Crippen molar-refractivity contribution in [2.24, 2.45) is 0 Å². The van der Waals surface area contributed by atoms with E-state index in [9.17, 15) is 4.79 Å². The highest BCUT2D eigenvalue weighted by molar-refractivity contribution is 5.90. The van der Waals surface area contributed by atoms with Crippen LogP contribution in [0.15, 0.2) is 53.1 Å². The minimum Gasteiger partial charge on any atom is -0.497 e. The Balaban J connectivity index is 1.58. The normalized spacial score (nSPS) is 30.3. The van der Waals surface area contributed by atoms with Crippen LogP contribution in [0.1, 0.15) is 57.4 Å². The number of unbranched alkanes of at least 4 members (excludes halogenated alkanes) is 1. The largest absolute Gasteiger partial charge is 0.497 e. The lowest BCUT2D eigenvalue weighted by molar-refractivity contribution is -0.148. The van der Waals surface area contributed by atoms with Crippen molar-refractivity contribution in [1.29, 1.82) is 0 Å². The summed E-state index contributed by atoms with van der Waals surface area (Å²) in [5.74, 6) is 0.697. The molecule has 1 aromatic rings. The standard InChI is InChI=1S/C26H31NO3/c1-3-4-7-21-20(14-11-18-9-12-19(29-2)13-10-18)22-16-25(28)30-26(22)17-23(21)27-15-6-5-8-24(26)27/h9-14,16,23-24H,3-8,15,17H2,1-2H3/b14-11+/t23-,24+,26-/m0/s1. The minimum absolute atomic E-state index is 0.164. The number of allylic oxidation sites excluding steroid dienone is 1. The van der Waals surface area contributed by atoms with Crippen LogP contribution in [0.4, 0.5) is 0 Å². The number of carbonyl (C=O) groups excluding carboxylic acids is 1. The number of fused-ring (bicyclic) bond motifs is 3. The number of hydrogen-bond acceptors (Lipinski definition) is 4. The molecular formula is C26H31NO3. The van der Waals surface area contributed by atoms with Crippen LogP contribution in [0, 0.1) is 0 Å². The van der Waals surface area contributed by atoms with Crippen LogP contribution in [0.3, 0.4) is 0 Å². The molecular weight excluding hydrogens is 374 g/mol. The molecule has 4 nitrogen and oxygen atoms in total. The van der Waals surface area contributed by atoms with E-state index in [4.69, 9.17) is 9.47 Å². The fourth-order valence-corrected chi connectivity index (χ4v) is 6.01. The van der Waals surface area contributed by atoms with Gasteiger partial charge in [0.15, 0.2) is 5.60 Å². The minimum atomic E-state index is -0.433. The highest BCUT2D eigenvalue weighted by Gasteiger charge is 2.63. The Bertz CT molecular complexity index is 926. The second-order valence-electron chi connectivity index (χ2n) is 8.99. The molecule has 1 spiro atoms. The summed E-state index contributed by atoms with van der Waals surface area (Å²) in [6.45, 7) is 3.37. The van der Waals surface area contributed by atoms with Crippen molar-refractivity contribution in [1.82, 2.24) is 4.90 Å². The number of benzene rings is 1. The third kappa shape index (κ3) is 3.04. The summed E-state index contributed by atoms with van der Waals surface area (Å²) < 4.78 is 11.4. The van der Waals surface area contributed by atoms with E-state index in [1.807, 2.05) is 12.1 Å². The van der Waals surface area contributed by atoms with E-state index in [-0.39, 0.29) is 5.97 Å². The van der Waals surface area contributed by atoms with Gasteiger partial charge in [0, 0.05) is 24.1 Å². The van der Waals surface area contributed by atoms with Gasteiger partial charge in [-0.05, 0) is 61.1 Å². The molecule has 0 saturated carbocycles. The second-order valence-corrected chi connectivity index (χ2v) is 8.99. The van der Waals surface area contributed by atoms with Crippen molar-refractivity contribution in [2.45, 2.75) is 69.6 Å². The van der Waals surface area contributed by atoms with Gasteiger partial charge in [-0.15, -0.1) is 0 Å². The van der Waals surface area contributed by atoms with Crippen molar-refractivity contribution < 1.29 is 14.3 Å². The fraction of sp³-hybridized carbons (Fsp3) is 0.500. The van der Waals surface area contributed by atoms with Crippen molar-refractivity contribution in [2.75, 3.05) is 13.7 Å². The lowest BCUT2D eigenvalue weighted by Crippen LogP contribution is -2.48. The number of esters is 1. The molecule has 3 heterocycles. The lowest BCUT2D eigenvalue weighted by Gasteiger charge is -2.38. The Kier molecular flexibility index (Phi) is 5.06. The number of rotatable bonds is 6. The zero-order valence-corrected chi connectivity index (χ0v) is 18.0. The van der Waals surface area contributed by atoms with Gasteiger partial charge in [0.2, 0.25) is 0 Å². The monoisotopic (exact) mass is 405 g/mol. The quantitative estimate of drug-likeness (QED) is 0.620. The first-order valence-corrected chi connectivity index (χ1v) is 11.4. The molecule has 4 aliphatic rings. The Morgan fingerprint density at radius 3 is 2.83 bits per heavy atom. The third-order valence-corrected chi connectivity index (χ3v) is 7.38. The summed E-state index contributed by atoms with van der Waals surface area (Å²) >= 11 is 0. The first-order chi connectivity index (χ1) is 14.7. The van der Waals surface area contributed by atoms with Crippen LogP contribution in [0.25, 0.3) is 6.08 Å². The molecule has 30 heavy (non-hydrogen) atoms. The van der Waals surface area contributed by atoms with E-state index in [1.165, 1.54) is 36.8 Å². The molecule has 3 atom stereocenters. The molecule has 0 unspecified atom stereocenters. The number of ether oxygens (including phenoxy) is 2. The molecule has 1 aromatic carbocycles. The zero-order chi connectivity index (χ0) is 20.7. The fourth-order valence-electron chi connectivity index (χ4n) is 6.01. The van der Waals surface area contributed by atoms with Gasteiger partial charge in [-0.25, -0.2) is 4.79 Å². The Morgan fingerprint density at radius 1 is 1.23 bits per heavy atom. The predicted octanol–water partition coefficient (Wildman–Crippen LogP) is 5.06. The Hall–Kier alpha value is -2.33. The van der Waals surface area contributed by atoms with E-state index in [1.54, 1.807) is 13.2 Å². The molecule has 158 valence electrons. The summed E-state index contributed by atoms with van der Waals surface area (Å²) in [5, 5.41) is 0. The molecule has 0 radical (unpaired) electrons. The molecule has 0 aromatic heterocycles. The molecule has 1 aliphatic carbocycles. The maximum absolute atomic E-state index is 12.5. The third-order valence-electron chi connectivity index (χ3n) is 7.38. The highest BCUT2D eigenvalue weighted by atomic mass is 16.6. The predicted molar refractivity (Wildman–Crippen MR) is 118 cm³/mol. The number of carbonyl (C=O) groups is 1.